The van der Waals surface area contributed by atoms with E-state index in [1.807, 2.05) is 6.11 Å². The van der Waals surface area contributed by atoms with Gasteiger partial charge in [-0.2, -0.15) is 0 Å². The first-order valence-electron chi connectivity index (χ1n) is 5.54. The highest BCUT2D eigenvalue weighted by Gasteiger charge is 2.01. The summed E-state index contributed by atoms with van der Waals surface area (Å²) in [5, 5.41) is 8.40. The van der Waals surface area contributed by atoms with Gasteiger partial charge in [0.2, 0.25) is 0 Å². The molecular formula is C12H18O4. The number of carboxylic acids is 1. The lowest BCUT2D eigenvalue weighted by molar-refractivity contribution is -0.138. The van der Waals surface area contributed by atoms with Crippen molar-refractivity contribution >= 4 is 11.9 Å². The fourth-order valence-corrected chi connectivity index (χ4v) is 1.37. The molecule has 0 aliphatic carbocycles. The number of rotatable bonds is 9. The van der Waals surface area contributed by atoms with Gasteiger partial charge in [0, 0.05) is 12.8 Å². The standard InChI is InChI=1S/C12H18O4/c1-2-16-12(15)10-8-6-4-3-5-7-9-11(13)14/h1H,3-10H2,(H,13,14). The van der Waals surface area contributed by atoms with Crippen LogP contribution in [-0.2, 0) is 14.3 Å². The fourth-order valence-electron chi connectivity index (χ4n) is 1.37. The summed E-state index contributed by atoms with van der Waals surface area (Å²) in [5.74, 6) is -1.09. The minimum Gasteiger partial charge on any atom is -0.481 e. The Bertz CT molecular complexity index is 252. The van der Waals surface area contributed by atoms with E-state index in [2.05, 4.69) is 4.74 Å². The van der Waals surface area contributed by atoms with Gasteiger partial charge in [-0.15, -0.1) is 0 Å². The fraction of sp³-hybridized carbons (Fsp3) is 0.667. The Labute approximate surface area is 96.0 Å². The molecule has 16 heavy (non-hydrogen) atoms. The average Bonchev–Trinajstić information content (AvgIpc) is 2.22. The second kappa shape index (κ2) is 10.0. The quantitative estimate of drug-likeness (QED) is 0.372. The third kappa shape index (κ3) is 10.6. The normalized spacial score (nSPS) is 9.44. The SMILES string of the molecule is C#COC(=O)CCCCCCCCC(=O)O. The lowest BCUT2D eigenvalue weighted by Crippen LogP contribution is -1.98. The van der Waals surface area contributed by atoms with Crippen molar-refractivity contribution in [1.82, 2.24) is 0 Å². The predicted molar refractivity (Wildman–Crippen MR) is 59.5 cm³/mol. The van der Waals surface area contributed by atoms with Crippen molar-refractivity contribution in [3.8, 4) is 12.5 Å². The summed E-state index contributed by atoms with van der Waals surface area (Å²) >= 11 is 0. The number of carbonyl (C=O) groups excluding carboxylic acids is 1. The number of unbranched alkanes of at least 4 members (excludes halogenated alkanes) is 5. The Balaban J connectivity index is 3.13. The van der Waals surface area contributed by atoms with Gasteiger partial charge >= 0.3 is 11.9 Å². The lowest BCUT2D eigenvalue weighted by atomic mass is 10.1. The molecular weight excluding hydrogens is 208 g/mol. The van der Waals surface area contributed by atoms with Crippen LogP contribution in [0.15, 0.2) is 0 Å². The van der Waals surface area contributed by atoms with Gasteiger partial charge in [-0.3, -0.25) is 9.59 Å². The second-order valence-electron chi connectivity index (χ2n) is 3.61. The average molecular weight is 226 g/mol. The van der Waals surface area contributed by atoms with Crippen LogP contribution >= 0.6 is 0 Å². The number of aliphatic carboxylic acids is 1. The summed E-state index contributed by atoms with van der Waals surface area (Å²) in [6.45, 7) is 0. The summed E-state index contributed by atoms with van der Waals surface area (Å²) in [6.07, 6.45) is 12.7. The van der Waals surface area contributed by atoms with E-state index < -0.39 is 5.97 Å². The van der Waals surface area contributed by atoms with Crippen molar-refractivity contribution in [2.45, 2.75) is 51.4 Å². The minimum absolute atomic E-state index is 0.245. The molecule has 0 bridgehead atoms. The predicted octanol–water partition coefficient (Wildman–Crippen LogP) is 2.33. The molecule has 0 aliphatic rings. The molecule has 0 spiro atoms. The van der Waals surface area contributed by atoms with Gasteiger partial charge in [0.15, 0.2) is 0 Å². The van der Waals surface area contributed by atoms with Gasteiger partial charge in [-0.05, 0) is 12.8 Å². The third-order valence-electron chi connectivity index (χ3n) is 2.19. The first kappa shape index (κ1) is 14.5. The molecule has 0 amide bonds. The number of hydrogen-bond acceptors (Lipinski definition) is 3. The highest BCUT2D eigenvalue weighted by Crippen LogP contribution is 2.08. The van der Waals surface area contributed by atoms with E-state index in [0.717, 1.165) is 38.5 Å². The smallest absolute Gasteiger partial charge is 0.319 e. The van der Waals surface area contributed by atoms with Crippen molar-refractivity contribution < 1.29 is 19.4 Å². The van der Waals surface area contributed by atoms with Gasteiger partial charge in [0.25, 0.3) is 0 Å². The zero-order chi connectivity index (χ0) is 12.2. The maximum atomic E-state index is 10.8. The van der Waals surface area contributed by atoms with Crippen LogP contribution in [0, 0.1) is 12.5 Å². The molecule has 90 valence electrons. The summed E-state index contributed by atoms with van der Waals surface area (Å²) < 4.78 is 4.34. The summed E-state index contributed by atoms with van der Waals surface area (Å²) in [5.41, 5.74) is 0. The highest BCUT2D eigenvalue weighted by atomic mass is 16.5. The van der Waals surface area contributed by atoms with Crippen LogP contribution in [0.2, 0.25) is 0 Å². The molecule has 0 aromatic carbocycles. The van der Waals surface area contributed by atoms with Crippen LogP contribution in [-0.4, -0.2) is 17.0 Å². The second-order valence-corrected chi connectivity index (χ2v) is 3.61. The number of hydrogen-bond donors (Lipinski definition) is 1. The van der Waals surface area contributed by atoms with Crippen LogP contribution in [0.1, 0.15) is 51.4 Å². The first-order valence-corrected chi connectivity index (χ1v) is 5.54. The Kier molecular flexibility index (Phi) is 9.09. The number of carbonyl (C=O) groups is 2. The van der Waals surface area contributed by atoms with E-state index in [4.69, 9.17) is 11.5 Å². The molecule has 0 unspecified atom stereocenters. The third-order valence-corrected chi connectivity index (χ3v) is 2.19. The molecule has 4 heteroatoms. The molecule has 0 fully saturated rings. The van der Waals surface area contributed by atoms with Crippen LogP contribution in [0.4, 0.5) is 0 Å². The van der Waals surface area contributed by atoms with Crippen molar-refractivity contribution in [3.63, 3.8) is 0 Å². The van der Waals surface area contributed by atoms with Crippen molar-refractivity contribution in [2.24, 2.45) is 0 Å². The topological polar surface area (TPSA) is 63.6 Å². The number of terminal acetylenes is 1. The summed E-state index contributed by atoms with van der Waals surface area (Å²) in [6, 6.07) is 0. The van der Waals surface area contributed by atoms with Gasteiger partial charge in [-0.25, -0.2) is 0 Å². The van der Waals surface area contributed by atoms with Gasteiger partial charge in [-0.1, -0.05) is 32.1 Å². The molecule has 0 rings (SSSR count). The zero-order valence-corrected chi connectivity index (χ0v) is 9.41. The van der Waals surface area contributed by atoms with Gasteiger partial charge < -0.3 is 9.84 Å². The molecule has 0 heterocycles. The monoisotopic (exact) mass is 226 g/mol. The van der Waals surface area contributed by atoms with Crippen molar-refractivity contribution in [3.05, 3.63) is 0 Å². The summed E-state index contributed by atoms with van der Waals surface area (Å²) in [7, 11) is 0. The van der Waals surface area contributed by atoms with E-state index >= 15 is 0 Å². The van der Waals surface area contributed by atoms with E-state index in [1.54, 1.807) is 0 Å². The molecule has 1 N–H and O–H groups in total. The molecule has 0 aromatic rings. The van der Waals surface area contributed by atoms with E-state index in [0.29, 0.717) is 6.42 Å². The number of esters is 1. The Morgan fingerprint density at radius 2 is 1.50 bits per heavy atom. The highest BCUT2D eigenvalue weighted by molar-refractivity contribution is 5.70. The Morgan fingerprint density at radius 1 is 1.00 bits per heavy atom. The van der Waals surface area contributed by atoms with E-state index in [1.165, 1.54) is 0 Å². The van der Waals surface area contributed by atoms with Crippen LogP contribution in [0.25, 0.3) is 0 Å². The summed E-state index contributed by atoms with van der Waals surface area (Å²) in [4.78, 5) is 21.0. The molecule has 0 aliphatic heterocycles. The Hall–Kier alpha value is -1.50. The maximum Gasteiger partial charge on any atom is 0.319 e. The minimum atomic E-state index is -0.739. The van der Waals surface area contributed by atoms with Crippen molar-refractivity contribution in [2.75, 3.05) is 0 Å². The molecule has 4 nitrogen and oxygen atoms in total. The largest absolute Gasteiger partial charge is 0.481 e. The maximum absolute atomic E-state index is 10.8. The Morgan fingerprint density at radius 3 is 2.00 bits per heavy atom. The lowest BCUT2D eigenvalue weighted by Gasteiger charge is -2.00. The van der Waals surface area contributed by atoms with Crippen molar-refractivity contribution in [1.29, 1.82) is 0 Å². The van der Waals surface area contributed by atoms with Crippen LogP contribution in [0.5, 0.6) is 0 Å². The van der Waals surface area contributed by atoms with E-state index in [9.17, 15) is 9.59 Å². The first-order chi connectivity index (χ1) is 7.66. The molecule has 0 saturated carbocycles. The van der Waals surface area contributed by atoms with Crippen LogP contribution in [0.3, 0.4) is 0 Å². The van der Waals surface area contributed by atoms with E-state index in [-0.39, 0.29) is 12.4 Å². The molecule has 0 aromatic heterocycles. The van der Waals surface area contributed by atoms with Gasteiger partial charge in [0.1, 0.15) is 6.11 Å². The van der Waals surface area contributed by atoms with Gasteiger partial charge in [0.05, 0.1) is 0 Å². The molecule has 0 radical (unpaired) electrons. The molecule has 0 saturated heterocycles. The molecule has 0 atom stereocenters. The zero-order valence-electron chi connectivity index (χ0n) is 9.41. The van der Waals surface area contributed by atoms with Crippen LogP contribution < -0.4 is 0 Å². The number of carboxylic acid groups (broad SMARTS) is 1. The number of ether oxygens (including phenoxy) is 1.